The maximum absolute atomic E-state index is 10.8. The summed E-state index contributed by atoms with van der Waals surface area (Å²) < 4.78 is 42.2. The maximum atomic E-state index is 10.8. The molecule has 0 saturated carbocycles. The van der Waals surface area contributed by atoms with Gasteiger partial charge in [0.15, 0.2) is 37.0 Å². The first kappa shape index (κ1) is 39.7. The van der Waals surface area contributed by atoms with E-state index in [1.807, 2.05) is 0 Å². The molecule has 0 amide bonds. The number of aromatic nitrogens is 2. The number of aliphatic hydroxyl groups is 4. The number of ether oxygens (including phenoxy) is 2. The van der Waals surface area contributed by atoms with E-state index in [9.17, 15) is 59.1 Å². The molecule has 0 aliphatic carbocycles. The van der Waals surface area contributed by atoms with Crippen LogP contribution in [0.1, 0.15) is 33.2 Å². The first-order chi connectivity index (χ1) is 20.4. The zero-order valence-electron chi connectivity index (χ0n) is 22.7. The molecule has 23 heteroatoms. The molecule has 2 saturated heterocycles. The van der Waals surface area contributed by atoms with Gasteiger partial charge in [0.25, 0.3) is 28.1 Å². The number of nitrogens with zero attached hydrogens (tertiary/aromatic N) is 2. The van der Waals surface area contributed by atoms with Crippen LogP contribution in [0.15, 0.2) is 49.1 Å². The van der Waals surface area contributed by atoms with Gasteiger partial charge in [-0.05, 0) is 12.1 Å². The van der Waals surface area contributed by atoms with Crippen molar-refractivity contribution < 1.29 is 96.6 Å². The standard InChI is InChI=1S/2C11H14NO9P.Ca/c2*13-8-7(5-20-22(17,18)19)21-10(9(8)14)12-3-1-2-6(4-12)11(15)16;/h2*1-4,7-10,13-14H,5H2,(H2-,15,16,17,18,19);/q;;+2/p-2/t2*7-,8-,9-,10-;/m11./s1. The number of aromatic carboxylic acids is 2. The molecule has 2 fully saturated rings. The van der Waals surface area contributed by atoms with Crippen LogP contribution in [0, 0.1) is 0 Å². The van der Waals surface area contributed by atoms with Crippen LogP contribution in [-0.2, 0) is 27.7 Å². The second-order valence-electron chi connectivity index (χ2n) is 9.28. The predicted molar refractivity (Wildman–Crippen MR) is 131 cm³/mol. The minimum atomic E-state index is -4.99. The van der Waals surface area contributed by atoms with E-state index in [1.165, 1.54) is 45.8 Å². The van der Waals surface area contributed by atoms with E-state index in [2.05, 4.69) is 9.05 Å². The van der Waals surface area contributed by atoms with Gasteiger partial charge in [0.2, 0.25) is 0 Å². The van der Waals surface area contributed by atoms with Gasteiger partial charge in [-0.25, -0.2) is 0 Å². The van der Waals surface area contributed by atoms with E-state index < -0.39 is 89.9 Å². The first-order valence-electron chi connectivity index (χ1n) is 12.2. The van der Waals surface area contributed by atoms with Crippen LogP contribution in [0.25, 0.3) is 0 Å². The average molecular weight is 708 g/mol. The van der Waals surface area contributed by atoms with Gasteiger partial charge in [0, 0.05) is 12.1 Å². The monoisotopic (exact) mass is 708 g/mol. The van der Waals surface area contributed by atoms with Gasteiger partial charge >= 0.3 is 37.7 Å². The fourth-order valence-corrected chi connectivity index (χ4v) is 4.78. The molecule has 10 atom stereocenters. The molecule has 4 rings (SSSR count). The number of carboxylic acid groups (broad SMARTS) is 2. The number of phosphoric acid groups is 2. The van der Waals surface area contributed by atoms with Gasteiger partial charge in [-0.1, -0.05) is 0 Å². The summed E-state index contributed by atoms with van der Waals surface area (Å²) in [5, 5.41) is 61.0. The minimum absolute atomic E-state index is 0. The molecule has 4 heterocycles. The van der Waals surface area contributed by atoms with Crippen molar-refractivity contribution in [3.05, 3.63) is 60.2 Å². The average Bonchev–Trinajstić information content (AvgIpc) is 3.40. The molecule has 45 heavy (non-hydrogen) atoms. The zero-order chi connectivity index (χ0) is 33.0. The molecule has 0 aromatic carbocycles. The van der Waals surface area contributed by atoms with Crippen molar-refractivity contribution in [2.24, 2.45) is 0 Å². The second kappa shape index (κ2) is 16.5. The van der Waals surface area contributed by atoms with E-state index in [1.54, 1.807) is 0 Å². The van der Waals surface area contributed by atoms with Crippen LogP contribution in [-0.4, -0.2) is 130 Å². The van der Waals surface area contributed by atoms with Crippen molar-refractivity contribution in [3.8, 4) is 0 Å². The number of hydrogen-bond acceptors (Lipinski definition) is 16. The van der Waals surface area contributed by atoms with Crippen LogP contribution in [0.4, 0.5) is 0 Å². The van der Waals surface area contributed by atoms with Crippen molar-refractivity contribution in [2.75, 3.05) is 13.2 Å². The number of hydrogen-bond donors (Lipinski definition) is 6. The smallest absolute Gasteiger partial charge is 0.756 e. The van der Waals surface area contributed by atoms with Crippen LogP contribution in [0.3, 0.4) is 0 Å². The number of phosphoric ester groups is 2. The predicted octanol–water partition coefficient (Wildman–Crippen LogP) is -7.51. The Morgan fingerprint density at radius 2 is 1.07 bits per heavy atom. The normalized spacial score (nSPS) is 30.2. The van der Waals surface area contributed by atoms with E-state index in [4.69, 9.17) is 19.3 Å². The number of carbonyl (C=O) groups excluding carboxylic acids is 2. The molecular weight excluding hydrogens is 682 g/mol. The fourth-order valence-electron chi connectivity index (χ4n) is 4.11. The number of rotatable bonds is 10. The van der Waals surface area contributed by atoms with Crippen LogP contribution < -0.4 is 29.1 Å². The molecule has 20 nitrogen and oxygen atoms in total. The Bertz CT molecular complexity index is 1320. The van der Waals surface area contributed by atoms with Crippen molar-refractivity contribution in [1.82, 2.24) is 0 Å². The molecule has 244 valence electrons. The number of carbonyl (C=O) groups is 2. The summed E-state index contributed by atoms with van der Waals surface area (Å²) in [5.41, 5.74) is -0.348. The fraction of sp³-hybridized carbons (Fsp3) is 0.455. The molecular formula is C22H26CaN2O18P2. The van der Waals surface area contributed by atoms with E-state index >= 15 is 0 Å². The summed E-state index contributed by atoms with van der Waals surface area (Å²) in [6.45, 7) is -1.40. The third-order valence-corrected chi connectivity index (χ3v) is 7.13. The van der Waals surface area contributed by atoms with Crippen molar-refractivity contribution in [2.45, 2.75) is 49.1 Å². The van der Waals surface area contributed by atoms with E-state index in [0.717, 1.165) is 12.4 Å². The van der Waals surface area contributed by atoms with Crippen LogP contribution >= 0.6 is 15.6 Å². The van der Waals surface area contributed by atoms with Gasteiger partial charge in [-0.2, -0.15) is 9.13 Å². The first-order valence-corrected chi connectivity index (χ1v) is 15.2. The van der Waals surface area contributed by atoms with Crippen LogP contribution in [0.5, 0.6) is 0 Å². The topological polar surface area (TPSA) is 327 Å². The molecule has 2 aromatic heterocycles. The Morgan fingerprint density at radius 3 is 1.36 bits per heavy atom. The quantitative estimate of drug-likeness (QED) is 0.0758. The van der Waals surface area contributed by atoms with E-state index in [0.29, 0.717) is 0 Å². The molecule has 2 unspecified atom stereocenters. The summed E-state index contributed by atoms with van der Waals surface area (Å²) in [4.78, 5) is 59.7. The summed E-state index contributed by atoms with van der Waals surface area (Å²) in [7, 11) is -9.99. The number of pyridine rings is 2. The summed E-state index contributed by atoms with van der Waals surface area (Å²) in [6, 6.07) is 5.28. The molecule has 0 radical (unpaired) electrons. The Hall–Kier alpha value is -1.52. The SMILES string of the molecule is O=C([O-])c1ccc[n+]([C@@H]2O[C@H](COP(=O)([O-])O)[C@@H](O)[C@H]2O)c1.O=C([O-])c1ccc[n+]([C@@H]2O[C@H](COP(=O)([O-])O)[C@@H](O)[C@H]2O)c1.[Ca+2]. The second-order valence-corrected chi connectivity index (χ2v) is 11.7. The Morgan fingerprint density at radius 1 is 0.733 bits per heavy atom. The largest absolute Gasteiger partial charge is 2.00 e. The molecule has 2 aromatic rings. The molecule has 2 aliphatic heterocycles. The third kappa shape index (κ3) is 11.3. The van der Waals surface area contributed by atoms with Crippen molar-refractivity contribution in [1.29, 1.82) is 0 Å². The summed E-state index contributed by atoms with van der Waals surface area (Å²) in [5.74, 6) is -2.87. The van der Waals surface area contributed by atoms with Crippen LogP contribution in [0.2, 0.25) is 0 Å². The molecule has 6 N–H and O–H groups in total. The van der Waals surface area contributed by atoms with Crippen molar-refractivity contribution >= 4 is 65.3 Å². The minimum Gasteiger partial charge on any atom is -0.756 e. The van der Waals surface area contributed by atoms with Gasteiger partial charge in [-0.15, -0.1) is 0 Å². The number of aliphatic hydroxyl groups excluding tert-OH is 4. The third-order valence-electron chi connectivity index (χ3n) is 6.18. The zero-order valence-corrected chi connectivity index (χ0v) is 26.7. The number of carboxylic acids is 2. The van der Waals surface area contributed by atoms with E-state index in [-0.39, 0.29) is 48.9 Å². The Balaban J connectivity index is 0.000000307. The molecule has 0 spiro atoms. The molecule has 2 aliphatic rings. The van der Waals surface area contributed by atoms with Crippen molar-refractivity contribution in [3.63, 3.8) is 0 Å². The van der Waals surface area contributed by atoms with Gasteiger partial charge in [0.1, 0.15) is 24.4 Å². The molecule has 0 bridgehead atoms. The summed E-state index contributed by atoms with van der Waals surface area (Å²) >= 11 is 0. The van der Waals surface area contributed by atoms with Gasteiger partial charge < -0.3 is 78.3 Å². The van der Waals surface area contributed by atoms with Gasteiger partial charge in [-0.3, -0.25) is 9.13 Å². The maximum Gasteiger partial charge on any atom is 2.00 e. The summed E-state index contributed by atoms with van der Waals surface area (Å²) in [6.07, 6.45) is -5.64. The van der Waals surface area contributed by atoms with Gasteiger partial charge in [0.05, 0.1) is 36.3 Å². The Kier molecular flexibility index (Phi) is 14.6. The Labute approximate surface area is 283 Å².